The predicted molar refractivity (Wildman–Crippen MR) is 230 cm³/mol. The largest absolute Gasteiger partial charge is 0.456 e. The van der Waals surface area contributed by atoms with Crippen LogP contribution in [0.2, 0.25) is 0 Å². The highest BCUT2D eigenvalue weighted by Gasteiger charge is 2.27. The molecule has 2 atom stereocenters. The molecule has 2 unspecified atom stereocenters. The molecule has 0 bridgehead atoms. The van der Waals surface area contributed by atoms with Gasteiger partial charge in [0.1, 0.15) is 29.3 Å². The van der Waals surface area contributed by atoms with Crippen LogP contribution in [0, 0.1) is 0 Å². The second kappa shape index (κ2) is 14.6. The fraction of sp³-hybridized carbons (Fsp3) is 0.0392. The number of nitrogens with zero attached hydrogens (tertiary/aromatic N) is 2. The standard InChI is InChI=1S/C51H38N4O/c1-5-14-35(15-6-1)37-24-28-41(29-25-37)55(42-30-26-38(27-31-42)36-16-7-2-8-17-36)43-32-33-44-47(34-43)56-46-23-13-22-45(48(44)46)51-53-49(39-18-9-3-10-19-39)52-50(54-51)40-20-11-4-12-21-40/h1-34,49-50,52H,(H,53,54). The van der Waals surface area contributed by atoms with Gasteiger partial charge in [0.15, 0.2) is 0 Å². The van der Waals surface area contributed by atoms with Gasteiger partial charge in [-0.3, -0.25) is 5.32 Å². The first-order valence-electron chi connectivity index (χ1n) is 19.0. The zero-order valence-corrected chi connectivity index (χ0v) is 30.6. The van der Waals surface area contributed by atoms with Gasteiger partial charge in [-0.25, -0.2) is 4.99 Å². The van der Waals surface area contributed by atoms with Crippen LogP contribution in [0.3, 0.4) is 0 Å². The number of rotatable bonds is 8. The van der Waals surface area contributed by atoms with E-state index < -0.39 is 0 Å². The number of benzene rings is 8. The minimum absolute atomic E-state index is 0.135. The second-order valence-electron chi connectivity index (χ2n) is 14.1. The van der Waals surface area contributed by atoms with Crippen molar-refractivity contribution in [3.05, 3.63) is 223 Å². The first kappa shape index (κ1) is 33.4. The minimum atomic E-state index is -0.229. The molecule has 1 aromatic heterocycles. The molecule has 8 aromatic carbocycles. The molecule has 1 aliphatic rings. The van der Waals surface area contributed by atoms with Gasteiger partial charge in [0.25, 0.3) is 0 Å². The summed E-state index contributed by atoms with van der Waals surface area (Å²) in [5.41, 5.74) is 12.7. The lowest BCUT2D eigenvalue weighted by Gasteiger charge is -2.32. The molecule has 0 aliphatic carbocycles. The van der Waals surface area contributed by atoms with E-state index in [-0.39, 0.29) is 12.3 Å². The van der Waals surface area contributed by atoms with Crippen LogP contribution >= 0.6 is 0 Å². The molecule has 0 fully saturated rings. The van der Waals surface area contributed by atoms with Gasteiger partial charge in [0.2, 0.25) is 0 Å². The maximum absolute atomic E-state index is 6.70. The Morgan fingerprint density at radius 2 is 0.964 bits per heavy atom. The Kier molecular flexibility index (Phi) is 8.67. The minimum Gasteiger partial charge on any atom is -0.456 e. The predicted octanol–water partition coefficient (Wildman–Crippen LogP) is 12.7. The molecule has 268 valence electrons. The lowest BCUT2D eigenvalue weighted by molar-refractivity contribution is 0.409. The van der Waals surface area contributed by atoms with Crippen LogP contribution in [0.25, 0.3) is 44.2 Å². The summed E-state index contributed by atoms with van der Waals surface area (Å²) in [5.74, 6) is 0.822. The highest BCUT2D eigenvalue weighted by Crippen LogP contribution is 2.41. The number of amidine groups is 1. The van der Waals surface area contributed by atoms with Crippen LogP contribution in [0.1, 0.15) is 29.0 Å². The maximum atomic E-state index is 6.70. The highest BCUT2D eigenvalue weighted by atomic mass is 16.3. The fourth-order valence-electron chi connectivity index (χ4n) is 7.78. The van der Waals surface area contributed by atoms with E-state index in [1.165, 1.54) is 22.3 Å². The van der Waals surface area contributed by atoms with Crippen molar-refractivity contribution >= 4 is 44.8 Å². The molecule has 5 nitrogen and oxygen atoms in total. The summed E-state index contributed by atoms with van der Waals surface area (Å²) in [5, 5.41) is 9.51. The number of furan rings is 1. The van der Waals surface area contributed by atoms with E-state index in [2.05, 4.69) is 204 Å². The first-order valence-corrected chi connectivity index (χ1v) is 19.0. The van der Waals surface area contributed by atoms with E-state index in [0.717, 1.165) is 61.5 Å². The Hall–Kier alpha value is -7.21. The third kappa shape index (κ3) is 6.40. The number of nitrogens with one attached hydrogen (secondary N) is 2. The van der Waals surface area contributed by atoms with Gasteiger partial charge in [-0.15, -0.1) is 0 Å². The van der Waals surface area contributed by atoms with Gasteiger partial charge < -0.3 is 14.6 Å². The van der Waals surface area contributed by atoms with Crippen LogP contribution in [0.4, 0.5) is 17.1 Å². The molecule has 0 saturated heterocycles. The Morgan fingerprint density at radius 3 is 1.55 bits per heavy atom. The summed E-state index contributed by atoms with van der Waals surface area (Å²) in [6, 6.07) is 72.2. The topological polar surface area (TPSA) is 52.8 Å². The molecule has 0 spiro atoms. The molecule has 0 radical (unpaired) electrons. The quantitative estimate of drug-likeness (QED) is 0.164. The van der Waals surface area contributed by atoms with E-state index in [0.29, 0.717) is 0 Å². The van der Waals surface area contributed by atoms with Crippen LogP contribution in [-0.4, -0.2) is 5.84 Å². The number of fused-ring (bicyclic) bond motifs is 3. The molecule has 1 aliphatic heterocycles. The third-order valence-corrected chi connectivity index (χ3v) is 10.6. The van der Waals surface area contributed by atoms with Gasteiger partial charge in [-0.2, -0.15) is 0 Å². The summed E-state index contributed by atoms with van der Waals surface area (Å²) in [4.78, 5) is 7.56. The number of hydrogen-bond acceptors (Lipinski definition) is 5. The first-order chi connectivity index (χ1) is 27.7. The van der Waals surface area contributed by atoms with E-state index >= 15 is 0 Å². The number of anilines is 3. The maximum Gasteiger partial charge on any atom is 0.137 e. The van der Waals surface area contributed by atoms with Crippen molar-refractivity contribution in [2.45, 2.75) is 12.3 Å². The van der Waals surface area contributed by atoms with E-state index in [4.69, 9.17) is 9.41 Å². The number of hydrogen-bond donors (Lipinski definition) is 2. The summed E-state index contributed by atoms with van der Waals surface area (Å²) in [6.45, 7) is 0. The average Bonchev–Trinajstić information content (AvgIpc) is 3.66. The summed E-state index contributed by atoms with van der Waals surface area (Å²) in [7, 11) is 0. The van der Waals surface area contributed by atoms with Gasteiger partial charge in [0, 0.05) is 39.5 Å². The van der Waals surface area contributed by atoms with Crippen molar-refractivity contribution < 1.29 is 4.42 Å². The van der Waals surface area contributed by atoms with Crippen molar-refractivity contribution in [2.24, 2.45) is 4.99 Å². The van der Waals surface area contributed by atoms with Crippen LogP contribution in [0.5, 0.6) is 0 Å². The van der Waals surface area contributed by atoms with Gasteiger partial charge in [0.05, 0.1) is 0 Å². The summed E-state index contributed by atoms with van der Waals surface area (Å²) < 4.78 is 6.70. The van der Waals surface area contributed by atoms with Crippen molar-refractivity contribution in [3.63, 3.8) is 0 Å². The second-order valence-corrected chi connectivity index (χ2v) is 14.1. The Bertz CT molecular complexity index is 2700. The molecule has 2 N–H and O–H groups in total. The van der Waals surface area contributed by atoms with Crippen molar-refractivity contribution in [1.29, 1.82) is 0 Å². The molecule has 2 heterocycles. The average molecular weight is 723 g/mol. The van der Waals surface area contributed by atoms with Gasteiger partial charge in [-0.1, -0.05) is 158 Å². The van der Waals surface area contributed by atoms with E-state index in [1.54, 1.807) is 0 Å². The summed E-state index contributed by atoms with van der Waals surface area (Å²) >= 11 is 0. The molecule has 0 amide bonds. The van der Waals surface area contributed by atoms with Crippen molar-refractivity contribution in [2.75, 3.05) is 4.90 Å². The van der Waals surface area contributed by atoms with Crippen molar-refractivity contribution in [1.82, 2.24) is 10.6 Å². The van der Waals surface area contributed by atoms with Crippen LogP contribution in [0.15, 0.2) is 216 Å². The molecule has 9 aromatic rings. The SMILES string of the molecule is c1ccc(-c2ccc(N(c3ccc(-c4ccccc4)cc3)c3ccc4c(c3)oc3cccc(C5=NC(c6ccccc6)NC(c6ccccc6)N5)c34)cc2)cc1. The molecule has 10 rings (SSSR count). The molecule has 5 heteroatoms. The Balaban J connectivity index is 1.07. The molecule has 0 saturated carbocycles. The molecule has 56 heavy (non-hydrogen) atoms. The van der Waals surface area contributed by atoms with E-state index in [9.17, 15) is 0 Å². The molecular weight excluding hydrogens is 685 g/mol. The number of aliphatic imine (C=N–C) groups is 1. The zero-order valence-electron chi connectivity index (χ0n) is 30.6. The smallest absolute Gasteiger partial charge is 0.137 e. The lowest BCUT2D eigenvalue weighted by atomic mass is 10.0. The molecular formula is C51H38N4O. The van der Waals surface area contributed by atoms with Gasteiger partial charge in [-0.05, 0) is 75.8 Å². The highest BCUT2D eigenvalue weighted by molar-refractivity contribution is 6.18. The zero-order chi connectivity index (χ0) is 37.3. The van der Waals surface area contributed by atoms with Gasteiger partial charge >= 0.3 is 0 Å². The monoisotopic (exact) mass is 722 g/mol. The van der Waals surface area contributed by atoms with Crippen LogP contribution in [-0.2, 0) is 0 Å². The van der Waals surface area contributed by atoms with Crippen LogP contribution < -0.4 is 15.5 Å². The fourth-order valence-corrected chi connectivity index (χ4v) is 7.78. The lowest BCUT2D eigenvalue weighted by Crippen LogP contribution is -2.45. The Labute approximate surface area is 326 Å². The Morgan fingerprint density at radius 1 is 0.446 bits per heavy atom. The van der Waals surface area contributed by atoms with Crippen molar-refractivity contribution in [3.8, 4) is 22.3 Å². The normalized spacial score (nSPS) is 15.3. The summed E-state index contributed by atoms with van der Waals surface area (Å²) in [6.07, 6.45) is -0.364. The van der Waals surface area contributed by atoms with E-state index in [1.807, 2.05) is 18.2 Å². The third-order valence-electron chi connectivity index (χ3n) is 10.6.